The summed E-state index contributed by atoms with van der Waals surface area (Å²) in [4.78, 5) is 25.7. The Morgan fingerprint density at radius 2 is 1.68 bits per heavy atom. The van der Waals surface area contributed by atoms with Crippen LogP contribution in [0.1, 0.15) is 93.4 Å². The highest BCUT2D eigenvalue weighted by Gasteiger charge is 2.82. The Kier molecular flexibility index (Phi) is 6.03. The monoisotopic (exact) mass is 516 g/mol. The van der Waals surface area contributed by atoms with Crippen LogP contribution in [0.25, 0.3) is 0 Å². The van der Waals surface area contributed by atoms with Gasteiger partial charge in [0, 0.05) is 28.1 Å². The minimum absolute atomic E-state index is 0.151. The van der Waals surface area contributed by atoms with Crippen LogP contribution in [0.15, 0.2) is 24.3 Å². The van der Waals surface area contributed by atoms with E-state index < -0.39 is 51.5 Å². The quantitative estimate of drug-likeness (QED) is 0.311. The predicted molar refractivity (Wildman–Crippen MR) is 141 cm³/mol. The molecule has 1 unspecified atom stereocenters. The lowest BCUT2D eigenvalue weighted by Crippen LogP contribution is -2.79. The molecule has 2 spiro atoms. The first-order valence-electron chi connectivity index (χ1n) is 14.4. The smallest absolute Gasteiger partial charge is 0.306 e. The van der Waals surface area contributed by atoms with Crippen LogP contribution in [-0.4, -0.2) is 44.7 Å². The van der Waals surface area contributed by atoms with Crippen LogP contribution in [0.2, 0.25) is 0 Å². The summed E-state index contributed by atoms with van der Waals surface area (Å²) in [6.45, 7) is 19.2. The van der Waals surface area contributed by atoms with Crippen LogP contribution < -0.4 is 0 Å². The lowest BCUT2D eigenvalue weighted by atomic mass is 9.36. The lowest BCUT2D eigenvalue weighted by Gasteiger charge is -2.75. The molecular formula is C31H48O6. The van der Waals surface area contributed by atoms with Gasteiger partial charge in [0.1, 0.15) is 11.2 Å². The highest BCUT2D eigenvalue weighted by Crippen LogP contribution is 2.78. The molecular weight excluding hydrogens is 468 g/mol. The molecule has 2 bridgehead atoms. The van der Waals surface area contributed by atoms with Crippen LogP contribution in [0, 0.1) is 45.3 Å². The molecule has 208 valence electrons. The van der Waals surface area contributed by atoms with E-state index >= 15 is 0 Å². The summed E-state index contributed by atoms with van der Waals surface area (Å²) >= 11 is 0. The van der Waals surface area contributed by atoms with Crippen molar-refractivity contribution in [3.8, 4) is 0 Å². The maximum absolute atomic E-state index is 12.7. The van der Waals surface area contributed by atoms with E-state index in [1.807, 2.05) is 0 Å². The molecule has 4 fully saturated rings. The Bertz CT molecular complexity index is 1020. The van der Waals surface area contributed by atoms with E-state index in [2.05, 4.69) is 67.2 Å². The molecule has 2 heterocycles. The number of carbonyl (C=O) groups is 1. The topological polar surface area (TPSA) is 96.2 Å². The number of aliphatic hydroxyl groups is 2. The molecule has 1 saturated heterocycles. The van der Waals surface area contributed by atoms with Crippen molar-refractivity contribution in [2.45, 2.75) is 117 Å². The Morgan fingerprint density at radius 1 is 1.03 bits per heavy atom. The van der Waals surface area contributed by atoms with Crippen LogP contribution in [0.4, 0.5) is 0 Å². The number of carboxylic acid groups (broad SMARTS) is 1. The van der Waals surface area contributed by atoms with E-state index in [9.17, 15) is 20.1 Å². The summed E-state index contributed by atoms with van der Waals surface area (Å²) < 4.78 is 0. The maximum atomic E-state index is 12.7. The lowest BCUT2D eigenvalue weighted by molar-refractivity contribution is -0.524. The Balaban J connectivity index is 1.57. The van der Waals surface area contributed by atoms with E-state index in [0.717, 1.165) is 31.3 Å². The Labute approximate surface area is 222 Å². The molecule has 6 heteroatoms. The zero-order chi connectivity index (χ0) is 27.4. The molecule has 0 aromatic rings. The third-order valence-corrected chi connectivity index (χ3v) is 12.9. The second-order valence-corrected chi connectivity index (χ2v) is 14.7. The maximum Gasteiger partial charge on any atom is 0.306 e. The molecule has 6 aliphatic rings. The van der Waals surface area contributed by atoms with Gasteiger partial charge in [-0.15, -0.1) is 0 Å². The van der Waals surface area contributed by atoms with Crippen LogP contribution in [0.3, 0.4) is 0 Å². The van der Waals surface area contributed by atoms with Crippen LogP contribution in [0.5, 0.6) is 0 Å². The third kappa shape index (κ3) is 3.05. The Hall–Kier alpha value is -1.21. The molecule has 0 aromatic carbocycles. The van der Waals surface area contributed by atoms with Crippen molar-refractivity contribution in [1.82, 2.24) is 0 Å². The van der Waals surface area contributed by atoms with Crippen LogP contribution in [-0.2, 0) is 14.6 Å². The zero-order valence-corrected chi connectivity index (χ0v) is 23.8. The van der Waals surface area contributed by atoms with Crippen molar-refractivity contribution >= 4 is 5.97 Å². The summed E-state index contributed by atoms with van der Waals surface area (Å²) in [5, 5.41) is 33.0. The molecule has 4 aliphatic carbocycles. The van der Waals surface area contributed by atoms with Gasteiger partial charge in [-0.3, -0.25) is 4.79 Å². The second kappa shape index (κ2) is 8.16. The summed E-state index contributed by atoms with van der Waals surface area (Å²) in [5.41, 5.74) is -2.15. The second-order valence-electron chi connectivity index (χ2n) is 14.7. The van der Waals surface area contributed by atoms with Gasteiger partial charge in [-0.2, -0.15) is 0 Å². The summed E-state index contributed by atoms with van der Waals surface area (Å²) in [7, 11) is 0. The van der Waals surface area contributed by atoms with Gasteiger partial charge in [0.2, 0.25) is 0 Å². The molecule has 0 aromatic heterocycles. The van der Waals surface area contributed by atoms with Gasteiger partial charge in [-0.05, 0) is 68.4 Å². The number of hydrogen-bond acceptors (Lipinski definition) is 5. The van der Waals surface area contributed by atoms with E-state index in [-0.39, 0.29) is 17.3 Å². The number of allylic oxidation sites excluding steroid dienone is 1. The fourth-order valence-corrected chi connectivity index (χ4v) is 10.1. The van der Waals surface area contributed by atoms with Gasteiger partial charge in [0.25, 0.3) is 0 Å². The van der Waals surface area contributed by atoms with Crippen molar-refractivity contribution < 1.29 is 29.9 Å². The van der Waals surface area contributed by atoms with E-state index in [0.29, 0.717) is 25.2 Å². The summed E-state index contributed by atoms with van der Waals surface area (Å²) in [5.74, 6) is -1.41. The molecule has 0 radical (unpaired) electrons. The summed E-state index contributed by atoms with van der Waals surface area (Å²) in [6.07, 6.45) is 7.99. The van der Waals surface area contributed by atoms with Crippen molar-refractivity contribution in [3.63, 3.8) is 0 Å². The average Bonchev–Trinajstić information content (AvgIpc) is 3.03. The number of fused-ring (bicyclic) bond motifs is 2. The molecule has 6 nitrogen and oxygen atoms in total. The summed E-state index contributed by atoms with van der Waals surface area (Å²) in [6, 6.07) is 0. The van der Waals surface area contributed by atoms with E-state index in [1.165, 1.54) is 0 Å². The largest absolute Gasteiger partial charge is 0.481 e. The number of carboxylic acids is 1. The van der Waals surface area contributed by atoms with Gasteiger partial charge in [0.15, 0.2) is 0 Å². The average molecular weight is 517 g/mol. The minimum Gasteiger partial charge on any atom is -0.481 e. The fraction of sp³-hybridized carbons (Fsp3) is 0.839. The molecule has 2 aliphatic heterocycles. The number of aliphatic carboxylic acids is 1. The third-order valence-electron chi connectivity index (χ3n) is 12.9. The molecule has 3 N–H and O–H groups in total. The zero-order valence-electron chi connectivity index (χ0n) is 23.8. The minimum atomic E-state index is -0.834. The predicted octanol–water partition coefficient (Wildman–Crippen LogP) is 5.68. The van der Waals surface area contributed by atoms with Gasteiger partial charge in [0.05, 0.1) is 18.1 Å². The van der Waals surface area contributed by atoms with E-state index in [1.54, 1.807) is 0 Å². The first-order chi connectivity index (χ1) is 17.0. The highest BCUT2D eigenvalue weighted by molar-refractivity contribution is 5.71. The number of aliphatic hydroxyl groups excluding tert-OH is 2. The van der Waals surface area contributed by atoms with Gasteiger partial charge >= 0.3 is 5.97 Å². The molecule has 6 rings (SSSR count). The SMILES string of the molecule is C=C(CC[C@@H](C(=O)O)[C@H]1[C@H](O)C[C@@]2(C)[C@]34C=C[C@@]5(OO3)C(C)(C)[C@@H](O)CC[C@]5(C)C4CC[C@]12C)C(C)C. The molecule has 37 heavy (non-hydrogen) atoms. The van der Waals surface area contributed by atoms with Crippen molar-refractivity contribution in [1.29, 1.82) is 0 Å². The van der Waals surface area contributed by atoms with Crippen molar-refractivity contribution in [2.24, 2.45) is 45.3 Å². The van der Waals surface area contributed by atoms with Gasteiger partial charge in [-0.1, -0.05) is 60.6 Å². The Morgan fingerprint density at radius 3 is 2.24 bits per heavy atom. The number of hydrogen-bond donors (Lipinski definition) is 3. The van der Waals surface area contributed by atoms with Gasteiger partial charge < -0.3 is 15.3 Å². The molecule has 0 amide bonds. The van der Waals surface area contributed by atoms with Gasteiger partial charge in [-0.25, -0.2) is 9.78 Å². The molecule has 10 atom stereocenters. The van der Waals surface area contributed by atoms with Crippen molar-refractivity contribution in [3.05, 3.63) is 24.3 Å². The first kappa shape index (κ1) is 27.4. The van der Waals surface area contributed by atoms with E-state index in [4.69, 9.17) is 9.78 Å². The number of rotatable bonds is 6. The van der Waals surface area contributed by atoms with Crippen molar-refractivity contribution in [2.75, 3.05) is 0 Å². The standard InChI is InChI=1S/C31H48O6/c1-18(2)19(3)9-10-20(25(34)35)24-21(32)17-29(8)28(24,7)13-11-22-27(6)14-12-23(33)26(4,5)31(27)16-15-30(22,29)36-37-31/h15-16,18,20-24,32-33H,3,9-14,17H2,1-2,4-8H3,(H,34,35)/t20-,21-,22?,23+,24+,27-,28-,29-,30-,31-/m1/s1. The normalized spacial score (nSPS) is 50.3. The molecule has 3 saturated carbocycles. The van der Waals surface area contributed by atoms with Crippen LogP contribution >= 0.6 is 0 Å². The fourth-order valence-electron chi connectivity index (χ4n) is 10.1. The highest BCUT2D eigenvalue weighted by atomic mass is 17.2. The first-order valence-corrected chi connectivity index (χ1v) is 14.4.